The zero-order valence-electron chi connectivity index (χ0n) is 17.6. The Bertz CT molecular complexity index is 1130. The number of aromatic hydroxyl groups is 1. The Morgan fingerprint density at radius 3 is 2.84 bits per heavy atom. The maximum Gasteiger partial charge on any atom is 0.217 e. The summed E-state index contributed by atoms with van der Waals surface area (Å²) in [6, 6.07) is 18.1. The fourth-order valence-electron chi connectivity index (χ4n) is 4.40. The molecule has 6 heteroatoms. The number of nitrogens with zero attached hydrogens (tertiary/aromatic N) is 2. The number of pyridine rings is 1. The third kappa shape index (κ3) is 4.62. The van der Waals surface area contributed by atoms with E-state index in [4.69, 9.17) is 14.5 Å². The van der Waals surface area contributed by atoms with E-state index >= 15 is 0 Å². The van der Waals surface area contributed by atoms with Crippen molar-refractivity contribution in [2.45, 2.75) is 51.7 Å². The molecule has 2 aromatic carbocycles. The smallest absolute Gasteiger partial charge is 0.217 e. The van der Waals surface area contributed by atoms with Gasteiger partial charge < -0.3 is 14.6 Å². The maximum absolute atomic E-state index is 10.0. The molecule has 5 rings (SSSR count). The third-order valence-electron chi connectivity index (χ3n) is 5.97. The van der Waals surface area contributed by atoms with E-state index in [1.54, 1.807) is 18.2 Å². The van der Waals surface area contributed by atoms with Gasteiger partial charge in [-0.05, 0) is 36.8 Å². The van der Waals surface area contributed by atoms with Crippen LogP contribution in [0.15, 0.2) is 53.5 Å². The van der Waals surface area contributed by atoms with Crippen LogP contribution >= 0.6 is 0 Å². The molecule has 0 unspecified atom stereocenters. The largest absolute Gasteiger partial charge is 0.515 e. The van der Waals surface area contributed by atoms with Gasteiger partial charge in [-0.15, -0.1) is 18.2 Å². The number of benzene rings is 2. The van der Waals surface area contributed by atoms with Gasteiger partial charge in [0.25, 0.3) is 0 Å². The van der Waals surface area contributed by atoms with Crippen LogP contribution in [0.25, 0.3) is 10.9 Å². The van der Waals surface area contributed by atoms with E-state index in [-0.39, 0.29) is 44.4 Å². The molecule has 1 fully saturated rings. The fourth-order valence-corrected chi connectivity index (χ4v) is 4.40. The minimum atomic E-state index is 0. The average molecular weight is 597 g/mol. The van der Waals surface area contributed by atoms with Gasteiger partial charge in [0.15, 0.2) is 0 Å². The molecule has 0 radical (unpaired) electrons. The molecule has 1 saturated carbocycles. The monoisotopic (exact) mass is 596 g/mol. The van der Waals surface area contributed by atoms with Gasteiger partial charge in [-0.25, -0.2) is 4.98 Å². The maximum atomic E-state index is 10.0. The van der Waals surface area contributed by atoms with Gasteiger partial charge in [0.1, 0.15) is 23.3 Å². The summed E-state index contributed by atoms with van der Waals surface area (Å²) in [6.45, 7) is 4.62. The van der Waals surface area contributed by atoms with Gasteiger partial charge in [0.2, 0.25) is 5.88 Å². The normalized spacial score (nSPS) is 21.9. The van der Waals surface area contributed by atoms with Crippen LogP contribution in [-0.4, -0.2) is 28.1 Å². The zero-order valence-corrected chi connectivity index (χ0v) is 19.8. The summed E-state index contributed by atoms with van der Waals surface area (Å²) in [4.78, 5) is 9.29. The molecule has 0 amide bonds. The number of rotatable bonds is 3. The van der Waals surface area contributed by atoms with E-state index in [9.17, 15) is 5.11 Å². The van der Waals surface area contributed by atoms with Crippen molar-refractivity contribution in [2.75, 3.05) is 0 Å². The summed E-state index contributed by atoms with van der Waals surface area (Å²) in [5.41, 5.74) is 1.59. The summed E-state index contributed by atoms with van der Waals surface area (Å²) in [6.07, 6.45) is 4.63. The molecule has 2 atom stereocenters. The van der Waals surface area contributed by atoms with E-state index in [0.29, 0.717) is 23.0 Å². The standard InChI is InChI=1S/C25H25N2O3.Pt/c1-25(2)13-5-9-19-21(15-25)30-24(26-19)17-7-3-8-18(14-17)29-22-12-11-16-6-4-10-20(28)23(16)27-22;/h3-4,6-8,10-12,19,21,28H,5,9,13,15H2,1-2H3;/q-1;/t19-,21+;/m0./s1. The number of hydrogen-bond acceptors (Lipinski definition) is 5. The van der Waals surface area contributed by atoms with Crippen molar-refractivity contribution < 1.29 is 35.6 Å². The summed E-state index contributed by atoms with van der Waals surface area (Å²) >= 11 is 0. The first-order chi connectivity index (χ1) is 14.5. The number of aliphatic imine (C=N–C) groups is 1. The van der Waals surface area contributed by atoms with Crippen LogP contribution in [0.5, 0.6) is 17.4 Å². The predicted octanol–water partition coefficient (Wildman–Crippen LogP) is 5.64. The second-order valence-corrected chi connectivity index (χ2v) is 8.95. The first-order valence-corrected chi connectivity index (χ1v) is 10.5. The van der Waals surface area contributed by atoms with Gasteiger partial charge in [-0.2, -0.15) is 0 Å². The molecule has 1 aliphatic heterocycles. The first-order valence-electron chi connectivity index (χ1n) is 10.5. The zero-order chi connectivity index (χ0) is 20.7. The number of ether oxygens (including phenoxy) is 2. The SMILES string of the molecule is CC1(C)CCC[C@@H]2N=C(c3[c-]c(Oc4ccc5cccc(O)c5n4)ccc3)O[C@@H]2C1.[Pt]. The average Bonchev–Trinajstić information content (AvgIpc) is 3.04. The molecule has 1 N–H and O–H groups in total. The van der Waals surface area contributed by atoms with Gasteiger partial charge in [0, 0.05) is 38.3 Å². The Hall–Kier alpha value is -2.39. The molecule has 3 aromatic rings. The quantitative estimate of drug-likeness (QED) is 0.398. The van der Waals surface area contributed by atoms with Crippen molar-refractivity contribution >= 4 is 16.8 Å². The minimum absolute atomic E-state index is 0. The number of aromatic nitrogens is 1. The molecule has 1 aromatic heterocycles. The molecule has 0 bridgehead atoms. The van der Waals surface area contributed by atoms with Crippen LogP contribution in [0.3, 0.4) is 0 Å². The van der Waals surface area contributed by atoms with Crippen molar-refractivity contribution in [3.63, 3.8) is 0 Å². The van der Waals surface area contributed by atoms with E-state index < -0.39 is 0 Å². The second-order valence-electron chi connectivity index (χ2n) is 8.95. The van der Waals surface area contributed by atoms with Crippen LogP contribution < -0.4 is 4.74 Å². The number of phenols is 1. The molecule has 0 saturated heterocycles. The molecule has 164 valence electrons. The summed E-state index contributed by atoms with van der Waals surface area (Å²) < 4.78 is 12.2. The summed E-state index contributed by atoms with van der Waals surface area (Å²) in [7, 11) is 0. The second kappa shape index (κ2) is 8.62. The Morgan fingerprint density at radius 1 is 1.13 bits per heavy atom. The van der Waals surface area contributed by atoms with Crippen LogP contribution in [0.2, 0.25) is 0 Å². The van der Waals surface area contributed by atoms with Gasteiger partial charge >= 0.3 is 0 Å². The Morgan fingerprint density at radius 2 is 1.97 bits per heavy atom. The number of hydrogen-bond donors (Lipinski definition) is 1. The fraction of sp³-hybridized carbons (Fsp3) is 0.360. The Labute approximate surface area is 196 Å². The van der Waals surface area contributed by atoms with E-state index in [1.807, 2.05) is 30.3 Å². The summed E-state index contributed by atoms with van der Waals surface area (Å²) in [5.74, 6) is 1.72. The van der Waals surface area contributed by atoms with Gasteiger partial charge in [0.05, 0.1) is 6.04 Å². The van der Waals surface area contributed by atoms with Gasteiger partial charge in [-0.1, -0.05) is 44.0 Å². The summed E-state index contributed by atoms with van der Waals surface area (Å²) in [5, 5.41) is 10.9. The molecule has 5 nitrogen and oxygen atoms in total. The Kier molecular flexibility index (Phi) is 6.07. The van der Waals surface area contributed by atoms with Gasteiger partial charge in [-0.3, -0.25) is 4.99 Å². The number of para-hydroxylation sites is 1. The molecule has 2 aliphatic rings. The van der Waals surface area contributed by atoms with E-state index in [2.05, 4.69) is 24.9 Å². The molecule has 31 heavy (non-hydrogen) atoms. The van der Waals surface area contributed by atoms with Crippen molar-refractivity contribution in [1.82, 2.24) is 4.98 Å². The van der Waals surface area contributed by atoms with Crippen molar-refractivity contribution in [2.24, 2.45) is 10.4 Å². The Balaban J connectivity index is 0.00000231. The van der Waals surface area contributed by atoms with Crippen LogP contribution in [0, 0.1) is 11.5 Å². The molecular formula is C25H25N2O3Pt-. The third-order valence-corrected chi connectivity index (χ3v) is 5.97. The molecule has 0 spiro atoms. The predicted molar refractivity (Wildman–Crippen MR) is 116 cm³/mol. The van der Waals surface area contributed by atoms with E-state index in [1.165, 1.54) is 12.8 Å². The molecule has 2 heterocycles. The van der Waals surface area contributed by atoms with Crippen LogP contribution in [0.1, 0.15) is 45.1 Å². The van der Waals surface area contributed by atoms with Crippen molar-refractivity contribution in [1.29, 1.82) is 0 Å². The van der Waals surface area contributed by atoms with Crippen LogP contribution in [0.4, 0.5) is 0 Å². The molecular weight excluding hydrogens is 571 g/mol. The van der Waals surface area contributed by atoms with Crippen molar-refractivity contribution in [3.05, 3.63) is 60.2 Å². The van der Waals surface area contributed by atoms with E-state index in [0.717, 1.165) is 23.8 Å². The molecule has 1 aliphatic carbocycles. The minimum Gasteiger partial charge on any atom is -0.515 e. The first kappa shape index (κ1) is 21.8. The van der Waals surface area contributed by atoms with Crippen molar-refractivity contribution in [3.8, 4) is 17.4 Å². The topological polar surface area (TPSA) is 63.9 Å². The van der Waals surface area contributed by atoms with Crippen LogP contribution in [-0.2, 0) is 25.8 Å². The number of phenolic OH excluding ortho intramolecular Hbond substituents is 1. The number of fused-ring (bicyclic) bond motifs is 2.